The second-order valence-corrected chi connectivity index (χ2v) is 5.06. The normalized spacial score (nSPS) is 37.9. The van der Waals surface area contributed by atoms with E-state index in [0.29, 0.717) is 0 Å². The zero-order chi connectivity index (χ0) is 9.80. The number of ether oxygens (including phenoxy) is 1. The van der Waals surface area contributed by atoms with Crippen LogP contribution in [0, 0.1) is 17.8 Å². The summed E-state index contributed by atoms with van der Waals surface area (Å²) < 4.78 is 5.36. The van der Waals surface area contributed by atoms with Crippen molar-refractivity contribution in [2.45, 2.75) is 32.6 Å². The molecule has 14 heavy (non-hydrogen) atoms. The molecule has 0 radical (unpaired) electrons. The lowest BCUT2D eigenvalue weighted by atomic mass is 9.98. The molecule has 1 saturated carbocycles. The van der Waals surface area contributed by atoms with Gasteiger partial charge in [0.25, 0.3) is 0 Å². The minimum absolute atomic E-state index is 0.784. The van der Waals surface area contributed by atoms with E-state index in [1.165, 1.54) is 38.8 Å². The highest BCUT2D eigenvalue weighted by Gasteiger charge is 2.23. The van der Waals surface area contributed by atoms with Crippen LogP contribution in [0.2, 0.25) is 0 Å². The first kappa shape index (κ1) is 10.4. The molecule has 3 atom stereocenters. The van der Waals surface area contributed by atoms with Crippen LogP contribution in [0.1, 0.15) is 32.6 Å². The van der Waals surface area contributed by atoms with Gasteiger partial charge in [-0.25, -0.2) is 0 Å². The van der Waals surface area contributed by atoms with Gasteiger partial charge < -0.3 is 10.1 Å². The van der Waals surface area contributed by atoms with Crippen molar-refractivity contribution in [1.82, 2.24) is 5.32 Å². The van der Waals surface area contributed by atoms with Crippen LogP contribution in [0.3, 0.4) is 0 Å². The zero-order valence-electron chi connectivity index (χ0n) is 9.30. The molecule has 82 valence electrons. The van der Waals surface area contributed by atoms with Gasteiger partial charge in [0.05, 0.1) is 6.61 Å². The van der Waals surface area contributed by atoms with Crippen molar-refractivity contribution in [3.05, 3.63) is 0 Å². The van der Waals surface area contributed by atoms with Gasteiger partial charge in [-0.3, -0.25) is 0 Å². The second-order valence-electron chi connectivity index (χ2n) is 5.06. The summed E-state index contributed by atoms with van der Waals surface area (Å²) in [5.41, 5.74) is 0. The van der Waals surface area contributed by atoms with Gasteiger partial charge in [0.15, 0.2) is 0 Å². The SMILES string of the molecule is CC1CCCC1CNCC1CCOC1. The Balaban J connectivity index is 1.57. The number of hydrogen-bond acceptors (Lipinski definition) is 2. The van der Waals surface area contributed by atoms with Crippen LogP contribution >= 0.6 is 0 Å². The summed E-state index contributed by atoms with van der Waals surface area (Å²) in [4.78, 5) is 0. The monoisotopic (exact) mass is 197 g/mol. The second kappa shape index (κ2) is 5.13. The quantitative estimate of drug-likeness (QED) is 0.745. The molecule has 2 rings (SSSR count). The van der Waals surface area contributed by atoms with E-state index < -0.39 is 0 Å². The molecule has 0 aromatic rings. The summed E-state index contributed by atoms with van der Waals surface area (Å²) in [6.07, 6.45) is 5.58. The molecule has 0 amide bonds. The average molecular weight is 197 g/mol. The van der Waals surface area contributed by atoms with E-state index in [9.17, 15) is 0 Å². The highest BCUT2D eigenvalue weighted by molar-refractivity contribution is 4.77. The first-order chi connectivity index (χ1) is 6.86. The maximum atomic E-state index is 5.36. The fourth-order valence-electron chi connectivity index (χ4n) is 2.74. The Morgan fingerprint density at radius 3 is 2.79 bits per heavy atom. The van der Waals surface area contributed by atoms with E-state index in [1.807, 2.05) is 0 Å². The van der Waals surface area contributed by atoms with E-state index in [4.69, 9.17) is 4.74 Å². The average Bonchev–Trinajstić information content (AvgIpc) is 2.78. The van der Waals surface area contributed by atoms with Gasteiger partial charge in [0, 0.05) is 13.2 Å². The summed E-state index contributed by atoms with van der Waals surface area (Å²) in [7, 11) is 0. The summed E-state index contributed by atoms with van der Waals surface area (Å²) >= 11 is 0. The van der Waals surface area contributed by atoms with E-state index >= 15 is 0 Å². The molecule has 0 bridgehead atoms. The molecule has 0 spiro atoms. The fourth-order valence-corrected chi connectivity index (χ4v) is 2.74. The van der Waals surface area contributed by atoms with Gasteiger partial charge in [-0.05, 0) is 37.1 Å². The van der Waals surface area contributed by atoms with E-state index in [0.717, 1.165) is 31.0 Å². The number of rotatable bonds is 4. The minimum atomic E-state index is 0.784. The van der Waals surface area contributed by atoms with Crippen molar-refractivity contribution < 1.29 is 4.74 Å². The predicted octanol–water partition coefficient (Wildman–Crippen LogP) is 2.05. The Hall–Kier alpha value is -0.0800. The van der Waals surface area contributed by atoms with Gasteiger partial charge in [-0.2, -0.15) is 0 Å². The van der Waals surface area contributed by atoms with Crippen LogP contribution in [0.15, 0.2) is 0 Å². The smallest absolute Gasteiger partial charge is 0.0507 e. The number of nitrogens with one attached hydrogen (secondary N) is 1. The minimum Gasteiger partial charge on any atom is -0.381 e. The topological polar surface area (TPSA) is 21.3 Å². The lowest BCUT2D eigenvalue weighted by molar-refractivity contribution is 0.185. The van der Waals surface area contributed by atoms with E-state index in [2.05, 4.69) is 12.2 Å². The Bertz CT molecular complexity index is 166. The standard InChI is InChI=1S/C12H23NO/c1-10-3-2-4-12(10)8-13-7-11-5-6-14-9-11/h10-13H,2-9H2,1H3. The van der Waals surface area contributed by atoms with Crippen molar-refractivity contribution >= 4 is 0 Å². The molecule has 1 heterocycles. The van der Waals surface area contributed by atoms with Crippen molar-refractivity contribution in [1.29, 1.82) is 0 Å². The first-order valence-corrected chi connectivity index (χ1v) is 6.14. The maximum absolute atomic E-state index is 5.36. The van der Waals surface area contributed by atoms with Gasteiger partial charge >= 0.3 is 0 Å². The van der Waals surface area contributed by atoms with Crippen LogP contribution in [-0.4, -0.2) is 26.3 Å². The Morgan fingerprint density at radius 1 is 1.21 bits per heavy atom. The van der Waals surface area contributed by atoms with Crippen molar-refractivity contribution in [3.8, 4) is 0 Å². The molecule has 3 unspecified atom stereocenters. The largest absolute Gasteiger partial charge is 0.381 e. The van der Waals surface area contributed by atoms with Crippen LogP contribution in [-0.2, 0) is 4.74 Å². The molecular weight excluding hydrogens is 174 g/mol. The van der Waals surface area contributed by atoms with Gasteiger partial charge in [0.1, 0.15) is 0 Å². The van der Waals surface area contributed by atoms with Crippen LogP contribution in [0.25, 0.3) is 0 Å². The van der Waals surface area contributed by atoms with E-state index in [-0.39, 0.29) is 0 Å². The third-order valence-corrected chi connectivity index (χ3v) is 3.90. The summed E-state index contributed by atoms with van der Waals surface area (Å²) in [5.74, 6) is 2.67. The van der Waals surface area contributed by atoms with Crippen LogP contribution in [0.4, 0.5) is 0 Å². The first-order valence-electron chi connectivity index (χ1n) is 6.14. The number of hydrogen-bond donors (Lipinski definition) is 1. The Labute approximate surface area is 87.4 Å². The molecule has 1 saturated heterocycles. The molecular formula is C12H23NO. The molecule has 1 aliphatic carbocycles. The van der Waals surface area contributed by atoms with E-state index in [1.54, 1.807) is 0 Å². The summed E-state index contributed by atoms with van der Waals surface area (Å²) in [6, 6.07) is 0. The Morgan fingerprint density at radius 2 is 2.14 bits per heavy atom. The van der Waals surface area contributed by atoms with Gasteiger partial charge in [-0.1, -0.05) is 19.8 Å². The molecule has 0 aromatic carbocycles. The highest BCUT2D eigenvalue weighted by Crippen LogP contribution is 2.30. The summed E-state index contributed by atoms with van der Waals surface area (Å²) in [5, 5.41) is 3.62. The summed E-state index contributed by atoms with van der Waals surface area (Å²) in [6.45, 7) is 6.76. The fraction of sp³-hybridized carbons (Fsp3) is 1.00. The molecule has 2 fully saturated rings. The molecule has 1 aliphatic heterocycles. The highest BCUT2D eigenvalue weighted by atomic mass is 16.5. The van der Waals surface area contributed by atoms with Gasteiger partial charge in [-0.15, -0.1) is 0 Å². The predicted molar refractivity (Wildman–Crippen MR) is 58.3 cm³/mol. The molecule has 2 aliphatic rings. The van der Waals surface area contributed by atoms with Crippen molar-refractivity contribution in [3.63, 3.8) is 0 Å². The lowest BCUT2D eigenvalue weighted by Crippen LogP contribution is -2.29. The molecule has 2 nitrogen and oxygen atoms in total. The third-order valence-electron chi connectivity index (χ3n) is 3.90. The van der Waals surface area contributed by atoms with Crippen LogP contribution in [0.5, 0.6) is 0 Å². The molecule has 1 N–H and O–H groups in total. The van der Waals surface area contributed by atoms with Crippen LogP contribution < -0.4 is 5.32 Å². The lowest BCUT2D eigenvalue weighted by Gasteiger charge is -2.17. The molecule has 2 heteroatoms. The van der Waals surface area contributed by atoms with Crippen molar-refractivity contribution in [2.75, 3.05) is 26.3 Å². The Kier molecular flexibility index (Phi) is 3.82. The van der Waals surface area contributed by atoms with Crippen molar-refractivity contribution in [2.24, 2.45) is 17.8 Å². The maximum Gasteiger partial charge on any atom is 0.0507 e. The third kappa shape index (κ3) is 2.71. The zero-order valence-corrected chi connectivity index (χ0v) is 9.30. The molecule has 0 aromatic heterocycles. The van der Waals surface area contributed by atoms with Gasteiger partial charge in [0.2, 0.25) is 0 Å².